The van der Waals surface area contributed by atoms with E-state index in [4.69, 9.17) is 17.9 Å². The fourth-order valence-electron chi connectivity index (χ4n) is 0.685. The first-order valence-electron chi connectivity index (χ1n) is 3.65. The van der Waals surface area contributed by atoms with Crippen LogP contribution >= 0.6 is 0 Å². The third-order valence-corrected chi connectivity index (χ3v) is 4.81. The van der Waals surface area contributed by atoms with Gasteiger partial charge in [-0.25, -0.2) is 0 Å². The fraction of sp³-hybridized carbons (Fsp3) is 0.625. The van der Waals surface area contributed by atoms with Gasteiger partial charge in [0, 0.05) is 0 Å². The van der Waals surface area contributed by atoms with Crippen molar-refractivity contribution in [3.8, 4) is 12.3 Å². The van der Waals surface area contributed by atoms with E-state index in [1.165, 1.54) is 0 Å². The molecule has 3 nitrogen and oxygen atoms in total. The van der Waals surface area contributed by atoms with E-state index in [0.717, 1.165) is 10.6 Å². The van der Waals surface area contributed by atoms with Crippen molar-refractivity contribution < 1.29 is 4.79 Å². The molecule has 0 spiro atoms. The first-order valence-corrected chi connectivity index (χ1v) is 7.79. The molecule has 0 saturated carbocycles. The van der Waals surface area contributed by atoms with Crippen molar-refractivity contribution in [3.63, 3.8) is 0 Å². The molecular weight excluding hydrogens is 219 g/mol. The Morgan fingerprint density at radius 1 is 1.75 bits per heavy atom. The van der Waals surface area contributed by atoms with Gasteiger partial charge in [0.15, 0.2) is 0 Å². The van der Waals surface area contributed by atoms with E-state index in [1.54, 1.807) is 0 Å². The summed E-state index contributed by atoms with van der Waals surface area (Å²) in [5, 5.41) is 1.83. The number of rotatable bonds is 5. The topological polar surface area (TPSA) is 69.1 Å². The van der Waals surface area contributed by atoms with Crippen LogP contribution in [0.5, 0.6) is 0 Å². The van der Waals surface area contributed by atoms with Crippen LogP contribution in [0.1, 0.15) is 6.42 Å². The zero-order valence-corrected chi connectivity index (χ0v) is 8.96. The molecule has 0 aliphatic rings. The number of carbonyl (C=O) groups is 1. The molecule has 4 heteroatoms. The Kier molecular flexibility index (Phi) is 5.82. The Balaban J connectivity index is 3.55. The van der Waals surface area contributed by atoms with E-state index in [1.807, 2.05) is 0 Å². The Labute approximate surface area is 77.8 Å². The normalized spacial score (nSPS) is 14.8. The standard InChI is InChI=1S/C8H14N2OSe/c1-3-5-12(2)6-4-7(9)8(10)11/h1,7H,4-6,9H2,2H3,(H-,10,11)/p+1/t7-,12?/m0/s1. The molecule has 0 aliphatic heterocycles. The fourth-order valence-corrected chi connectivity index (χ4v) is 2.96. The Morgan fingerprint density at radius 3 is 2.75 bits per heavy atom. The average Bonchev–Trinajstić information content (AvgIpc) is 2.00. The van der Waals surface area contributed by atoms with Crippen LogP contribution in [-0.4, -0.2) is 25.8 Å². The van der Waals surface area contributed by atoms with Crippen molar-refractivity contribution in [2.24, 2.45) is 11.5 Å². The minimum absolute atomic E-state index is 0.422. The summed E-state index contributed by atoms with van der Waals surface area (Å²) in [5.74, 6) is 4.36. The van der Waals surface area contributed by atoms with E-state index in [9.17, 15) is 4.79 Å². The summed E-state index contributed by atoms with van der Waals surface area (Å²) < 4.78 is 0. The molecule has 0 saturated heterocycles. The summed E-state index contributed by atoms with van der Waals surface area (Å²) in [6.45, 7) is 0. The molecule has 0 aliphatic carbocycles. The van der Waals surface area contributed by atoms with Crippen molar-refractivity contribution in [3.05, 3.63) is 0 Å². The van der Waals surface area contributed by atoms with Gasteiger partial charge in [-0.3, -0.25) is 0 Å². The predicted octanol–water partition coefficient (Wildman–Crippen LogP) is -0.0531. The average molecular weight is 234 g/mol. The zero-order valence-electron chi connectivity index (χ0n) is 7.25. The number of carbonyl (C=O) groups excluding carboxylic acids is 1. The van der Waals surface area contributed by atoms with Crippen LogP contribution in [-0.2, 0) is 4.79 Å². The van der Waals surface area contributed by atoms with Crippen LogP contribution < -0.4 is 11.5 Å². The van der Waals surface area contributed by atoms with Gasteiger partial charge >= 0.3 is 77.3 Å². The zero-order chi connectivity index (χ0) is 9.56. The molecule has 12 heavy (non-hydrogen) atoms. The molecule has 0 rings (SSSR count). The number of primary amides is 1. The molecule has 0 bridgehead atoms. The van der Waals surface area contributed by atoms with Crippen molar-refractivity contribution in [1.82, 2.24) is 0 Å². The molecule has 4 N–H and O–H groups in total. The van der Waals surface area contributed by atoms with Gasteiger partial charge in [0.25, 0.3) is 0 Å². The van der Waals surface area contributed by atoms with Crippen LogP contribution in [0.4, 0.5) is 0 Å². The van der Waals surface area contributed by atoms with Crippen molar-refractivity contribution in [2.75, 3.05) is 0 Å². The molecule has 0 heterocycles. The van der Waals surface area contributed by atoms with Crippen molar-refractivity contribution in [1.29, 1.82) is 0 Å². The summed E-state index contributed by atoms with van der Waals surface area (Å²) in [4.78, 5) is 10.5. The van der Waals surface area contributed by atoms with Gasteiger partial charge in [-0.15, -0.1) is 0 Å². The number of terminal acetylenes is 1. The van der Waals surface area contributed by atoms with Crippen molar-refractivity contribution in [2.45, 2.75) is 28.9 Å². The second-order valence-corrected chi connectivity index (χ2v) is 7.37. The van der Waals surface area contributed by atoms with E-state index in [2.05, 4.69) is 11.7 Å². The predicted molar refractivity (Wildman–Crippen MR) is 51.9 cm³/mol. The molecule has 0 radical (unpaired) electrons. The van der Waals surface area contributed by atoms with Gasteiger partial charge in [-0.2, -0.15) is 0 Å². The Hall–Kier alpha value is -0.491. The second kappa shape index (κ2) is 6.07. The first-order chi connectivity index (χ1) is 5.57. The van der Waals surface area contributed by atoms with Gasteiger partial charge in [0.05, 0.1) is 0 Å². The molecule has 1 amide bonds. The van der Waals surface area contributed by atoms with E-state index < -0.39 is 25.8 Å². The molecule has 0 aromatic carbocycles. The Morgan fingerprint density at radius 2 is 2.33 bits per heavy atom. The SMILES string of the molecule is C#CC[Se+](C)CC[C@H](N)C(N)=O. The maximum absolute atomic E-state index is 10.5. The summed E-state index contributed by atoms with van der Waals surface area (Å²) in [6.07, 6.45) is 5.83. The number of amides is 1. The van der Waals surface area contributed by atoms with Gasteiger partial charge in [0.2, 0.25) is 0 Å². The maximum atomic E-state index is 10.5. The molecule has 1 unspecified atom stereocenters. The third kappa shape index (κ3) is 5.20. The number of hydrogen-bond acceptors (Lipinski definition) is 2. The van der Waals surface area contributed by atoms with Gasteiger partial charge < -0.3 is 0 Å². The van der Waals surface area contributed by atoms with Crippen LogP contribution in [0, 0.1) is 12.3 Å². The summed E-state index contributed by atoms with van der Waals surface area (Å²) >= 11 is -0.699. The van der Waals surface area contributed by atoms with Crippen LogP contribution in [0.2, 0.25) is 16.5 Å². The van der Waals surface area contributed by atoms with Gasteiger partial charge in [0.1, 0.15) is 0 Å². The number of nitrogens with two attached hydrogens (primary N) is 2. The second-order valence-electron chi connectivity index (χ2n) is 2.63. The van der Waals surface area contributed by atoms with Crippen LogP contribution in [0.15, 0.2) is 0 Å². The number of hydrogen-bond donors (Lipinski definition) is 2. The van der Waals surface area contributed by atoms with E-state index in [-0.39, 0.29) is 0 Å². The summed E-state index contributed by atoms with van der Waals surface area (Å²) in [7, 11) is 0. The molecule has 2 atom stereocenters. The minimum atomic E-state index is -0.699. The van der Waals surface area contributed by atoms with Crippen LogP contribution in [0.25, 0.3) is 0 Å². The van der Waals surface area contributed by atoms with Gasteiger partial charge in [-0.05, 0) is 0 Å². The summed E-state index contributed by atoms with van der Waals surface area (Å²) in [6, 6.07) is -0.492. The van der Waals surface area contributed by atoms with E-state index >= 15 is 0 Å². The quantitative estimate of drug-likeness (QED) is 0.517. The van der Waals surface area contributed by atoms with Crippen molar-refractivity contribution >= 4 is 19.8 Å². The molecule has 0 fully saturated rings. The third-order valence-electron chi connectivity index (χ3n) is 1.47. The van der Waals surface area contributed by atoms with Crippen LogP contribution in [0.3, 0.4) is 0 Å². The molecule has 68 valence electrons. The molecule has 0 aromatic heterocycles. The molecular formula is C8H15N2OSe+. The first kappa shape index (κ1) is 11.5. The van der Waals surface area contributed by atoms with E-state index in [0.29, 0.717) is 6.42 Å². The van der Waals surface area contributed by atoms with Gasteiger partial charge in [-0.1, -0.05) is 0 Å². The summed E-state index contributed by atoms with van der Waals surface area (Å²) in [5.41, 5.74) is 10.5. The Bertz CT molecular complexity index is 188. The monoisotopic (exact) mass is 235 g/mol. The molecule has 0 aromatic rings.